The number of phenolic OH excluding ortho intramolecular Hbond substituents is 1. The minimum Gasteiger partial charge on any atom is -0.506 e. The van der Waals surface area contributed by atoms with Crippen LogP contribution in [0.25, 0.3) is 0 Å². The summed E-state index contributed by atoms with van der Waals surface area (Å²) in [7, 11) is -3.69. The molecule has 2 aromatic rings. The summed E-state index contributed by atoms with van der Waals surface area (Å²) < 4.78 is 26.7. The Labute approximate surface area is 118 Å². The van der Waals surface area contributed by atoms with Crippen molar-refractivity contribution in [1.82, 2.24) is 0 Å². The lowest BCUT2D eigenvalue weighted by atomic mass is 10.3. The maximum Gasteiger partial charge on any atom is 0.271 e. The molecule has 0 amide bonds. The second-order valence-corrected chi connectivity index (χ2v) is 7.36. The highest BCUT2D eigenvalue weighted by Gasteiger charge is 2.17. The number of hydrogen-bond acceptors (Lipinski definition) is 4. The standard InChI is InChI=1S/C10H7Cl2NO3S2/c11-7-2-1-6(5-8(7)14)13-18(15,16)10-4-3-9(12)17-10/h1-5,13-14H. The fourth-order valence-electron chi connectivity index (χ4n) is 1.22. The molecule has 0 saturated heterocycles. The monoisotopic (exact) mass is 323 g/mol. The quantitative estimate of drug-likeness (QED) is 0.907. The minimum atomic E-state index is -3.69. The van der Waals surface area contributed by atoms with Crippen molar-refractivity contribution >= 4 is 50.2 Å². The number of nitrogens with one attached hydrogen (secondary N) is 1. The second kappa shape index (κ2) is 4.97. The van der Waals surface area contributed by atoms with Gasteiger partial charge in [0.25, 0.3) is 10.0 Å². The van der Waals surface area contributed by atoms with Gasteiger partial charge in [-0.3, -0.25) is 4.72 Å². The molecule has 96 valence electrons. The van der Waals surface area contributed by atoms with E-state index in [-0.39, 0.29) is 20.7 Å². The van der Waals surface area contributed by atoms with E-state index in [1.807, 2.05) is 0 Å². The Morgan fingerprint density at radius 2 is 1.89 bits per heavy atom. The van der Waals surface area contributed by atoms with Gasteiger partial charge in [-0.15, -0.1) is 11.3 Å². The van der Waals surface area contributed by atoms with Crippen LogP contribution in [-0.4, -0.2) is 13.5 Å². The molecule has 0 atom stereocenters. The first kappa shape index (κ1) is 13.5. The van der Waals surface area contributed by atoms with Gasteiger partial charge in [0.15, 0.2) is 0 Å². The normalized spacial score (nSPS) is 11.4. The molecule has 0 radical (unpaired) electrons. The van der Waals surface area contributed by atoms with Crippen molar-refractivity contribution in [2.75, 3.05) is 4.72 Å². The van der Waals surface area contributed by atoms with Crippen LogP contribution in [0.15, 0.2) is 34.5 Å². The predicted octanol–water partition coefficient (Wildman–Crippen LogP) is 3.56. The topological polar surface area (TPSA) is 66.4 Å². The largest absolute Gasteiger partial charge is 0.506 e. The second-order valence-electron chi connectivity index (χ2n) is 3.33. The first-order chi connectivity index (χ1) is 8.38. The van der Waals surface area contributed by atoms with Crippen molar-refractivity contribution < 1.29 is 13.5 Å². The van der Waals surface area contributed by atoms with Gasteiger partial charge in [0, 0.05) is 6.07 Å². The highest BCUT2D eigenvalue weighted by molar-refractivity contribution is 7.94. The molecular weight excluding hydrogens is 317 g/mol. The Morgan fingerprint density at radius 1 is 1.17 bits per heavy atom. The first-order valence-corrected chi connectivity index (χ1v) is 7.71. The van der Waals surface area contributed by atoms with E-state index in [2.05, 4.69) is 4.72 Å². The summed E-state index contributed by atoms with van der Waals surface area (Å²) in [5.74, 6) is -0.193. The summed E-state index contributed by atoms with van der Waals surface area (Å²) in [4.78, 5) is 0. The summed E-state index contributed by atoms with van der Waals surface area (Å²) in [6, 6.07) is 6.99. The maximum atomic E-state index is 11.9. The fraction of sp³-hybridized carbons (Fsp3) is 0. The highest BCUT2D eigenvalue weighted by atomic mass is 35.5. The Morgan fingerprint density at radius 3 is 2.44 bits per heavy atom. The lowest BCUT2D eigenvalue weighted by Gasteiger charge is -2.06. The molecular formula is C10H7Cl2NO3S2. The summed E-state index contributed by atoms with van der Waals surface area (Å²) in [5, 5.41) is 9.54. The number of halogens is 2. The SMILES string of the molecule is O=S(=O)(Nc1ccc(Cl)c(O)c1)c1ccc(Cl)s1. The van der Waals surface area contributed by atoms with Crippen LogP contribution < -0.4 is 4.72 Å². The number of thiophene rings is 1. The van der Waals surface area contributed by atoms with Gasteiger partial charge in [0.05, 0.1) is 15.0 Å². The molecule has 0 fully saturated rings. The van der Waals surface area contributed by atoms with E-state index in [0.29, 0.717) is 4.34 Å². The van der Waals surface area contributed by atoms with Crippen LogP contribution in [0.4, 0.5) is 5.69 Å². The molecule has 0 spiro atoms. The van der Waals surface area contributed by atoms with Crippen molar-refractivity contribution in [3.63, 3.8) is 0 Å². The fourth-order valence-corrected chi connectivity index (χ4v) is 3.87. The molecule has 0 bridgehead atoms. The van der Waals surface area contributed by atoms with Gasteiger partial charge < -0.3 is 5.11 Å². The molecule has 2 N–H and O–H groups in total. The van der Waals surface area contributed by atoms with E-state index in [1.54, 1.807) is 0 Å². The third-order valence-corrected chi connectivity index (χ3v) is 5.44. The molecule has 1 aromatic heterocycles. The van der Waals surface area contributed by atoms with E-state index in [4.69, 9.17) is 23.2 Å². The molecule has 0 aliphatic rings. The Bertz CT molecular complexity index is 682. The number of rotatable bonds is 3. The van der Waals surface area contributed by atoms with Crippen molar-refractivity contribution in [1.29, 1.82) is 0 Å². The zero-order valence-corrected chi connectivity index (χ0v) is 11.9. The average molecular weight is 324 g/mol. The van der Waals surface area contributed by atoms with Gasteiger partial charge in [-0.2, -0.15) is 0 Å². The number of hydrogen-bond donors (Lipinski definition) is 2. The lowest BCUT2D eigenvalue weighted by Crippen LogP contribution is -2.11. The molecule has 8 heteroatoms. The maximum absolute atomic E-state index is 11.9. The zero-order valence-electron chi connectivity index (χ0n) is 8.72. The van der Waals surface area contributed by atoms with E-state index < -0.39 is 10.0 Å². The molecule has 2 rings (SSSR count). The highest BCUT2D eigenvalue weighted by Crippen LogP contribution is 2.30. The summed E-state index contributed by atoms with van der Waals surface area (Å²) in [6.45, 7) is 0. The van der Waals surface area contributed by atoms with E-state index in [0.717, 1.165) is 11.3 Å². The number of phenols is 1. The molecule has 4 nitrogen and oxygen atoms in total. The van der Waals surface area contributed by atoms with Crippen LogP contribution in [0.2, 0.25) is 9.36 Å². The zero-order chi connectivity index (χ0) is 13.3. The third kappa shape index (κ3) is 2.89. The Balaban J connectivity index is 2.30. The molecule has 18 heavy (non-hydrogen) atoms. The molecule has 1 aromatic carbocycles. The van der Waals surface area contributed by atoms with Gasteiger partial charge in [0.1, 0.15) is 9.96 Å². The molecule has 1 heterocycles. The van der Waals surface area contributed by atoms with E-state index in [1.165, 1.54) is 30.3 Å². The third-order valence-electron chi connectivity index (χ3n) is 2.01. The number of benzene rings is 1. The molecule has 0 saturated carbocycles. The van der Waals surface area contributed by atoms with Crippen LogP contribution in [0, 0.1) is 0 Å². The van der Waals surface area contributed by atoms with E-state index >= 15 is 0 Å². The smallest absolute Gasteiger partial charge is 0.271 e. The van der Waals surface area contributed by atoms with Crippen molar-refractivity contribution in [3.8, 4) is 5.75 Å². The van der Waals surface area contributed by atoms with Gasteiger partial charge in [0.2, 0.25) is 0 Å². The van der Waals surface area contributed by atoms with Gasteiger partial charge in [-0.1, -0.05) is 23.2 Å². The lowest BCUT2D eigenvalue weighted by molar-refractivity contribution is 0.476. The molecule has 0 aliphatic heterocycles. The van der Waals surface area contributed by atoms with Crippen molar-refractivity contribution in [2.45, 2.75) is 4.21 Å². The van der Waals surface area contributed by atoms with Crippen LogP contribution in [0.3, 0.4) is 0 Å². The summed E-state index contributed by atoms with van der Waals surface area (Å²) >= 11 is 12.3. The van der Waals surface area contributed by atoms with E-state index in [9.17, 15) is 13.5 Å². The van der Waals surface area contributed by atoms with Crippen LogP contribution in [0.1, 0.15) is 0 Å². The first-order valence-electron chi connectivity index (χ1n) is 4.65. The van der Waals surface area contributed by atoms with Gasteiger partial charge >= 0.3 is 0 Å². The van der Waals surface area contributed by atoms with Gasteiger partial charge in [-0.25, -0.2) is 8.42 Å². The summed E-state index contributed by atoms with van der Waals surface area (Å²) in [6.07, 6.45) is 0. The van der Waals surface area contributed by atoms with Crippen LogP contribution >= 0.6 is 34.5 Å². The Hall–Kier alpha value is -0.950. The van der Waals surface area contributed by atoms with Gasteiger partial charge in [-0.05, 0) is 24.3 Å². The van der Waals surface area contributed by atoms with Crippen LogP contribution in [-0.2, 0) is 10.0 Å². The summed E-state index contributed by atoms with van der Waals surface area (Å²) in [5.41, 5.74) is 0.224. The Kier molecular flexibility index (Phi) is 3.72. The molecule has 0 unspecified atom stereocenters. The predicted molar refractivity (Wildman–Crippen MR) is 73.3 cm³/mol. The number of aromatic hydroxyl groups is 1. The average Bonchev–Trinajstić information content (AvgIpc) is 2.71. The van der Waals surface area contributed by atoms with Crippen molar-refractivity contribution in [3.05, 3.63) is 39.7 Å². The number of anilines is 1. The van der Waals surface area contributed by atoms with Crippen molar-refractivity contribution in [2.24, 2.45) is 0 Å². The van der Waals surface area contributed by atoms with Crippen LogP contribution in [0.5, 0.6) is 5.75 Å². The molecule has 0 aliphatic carbocycles. The number of sulfonamides is 1. The minimum absolute atomic E-state index is 0.0990.